The molecule has 10 heteroatoms. The van der Waals surface area contributed by atoms with Gasteiger partial charge in [0, 0.05) is 44.2 Å². The highest BCUT2D eigenvalue weighted by molar-refractivity contribution is 7.89. The van der Waals surface area contributed by atoms with Crippen molar-refractivity contribution in [1.29, 1.82) is 0 Å². The van der Waals surface area contributed by atoms with Gasteiger partial charge in [0.2, 0.25) is 16.8 Å². The second-order valence-corrected chi connectivity index (χ2v) is 11.5. The van der Waals surface area contributed by atoms with E-state index in [9.17, 15) is 18.0 Å². The number of piperidine rings is 1. The first kappa shape index (κ1) is 25.2. The normalized spacial score (nSPS) is 24.1. The third-order valence-corrected chi connectivity index (χ3v) is 9.16. The van der Waals surface area contributed by atoms with Gasteiger partial charge in [-0.3, -0.25) is 9.69 Å². The number of nitrogens with zero attached hydrogens (tertiary/aromatic N) is 2. The van der Waals surface area contributed by atoms with Crippen LogP contribution in [-0.4, -0.2) is 74.4 Å². The molecule has 2 aliphatic heterocycles. The Morgan fingerprint density at radius 2 is 1.74 bits per heavy atom. The minimum Gasteiger partial charge on any atom is -0.460 e. The molecule has 0 aromatic carbocycles. The molecule has 9 nitrogen and oxygen atoms in total. The molecular weight excluding hydrogens is 458 g/mol. The maximum absolute atomic E-state index is 12.9. The van der Waals surface area contributed by atoms with Crippen LogP contribution in [0.25, 0.3) is 0 Å². The molecule has 0 bridgehead atoms. The van der Waals surface area contributed by atoms with E-state index in [1.807, 2.05) is 0 Å². The lowest BCUT2D eigenvalue weighted by Gasteiger charge is -2.30. The van der Waals surface area contributed by atoms with Crippen molar-refractivity contribution in [2.75, 3.05) is 32.8 Å². The van der Waals surface area contributed by atoms with Crippen molar-refractivity contribution >= 4 is 21.9 Å². The van der Waals surface area contributed by atoms with Crippen LogP contribution in [0.2, 0.25) is 0 Å². The Balaban J connectivity index is 1.25. The molecule has 2 saturated heterocycles. The van der Waals surface area contributed by atoms with E-state index in [2.05, 4.69) is 10.2 Å². The van der Waals surface area contributed by atoms with Gasteiger partial charge in [-0.25, -0.2) is 13.2 Å². The van der Waals surface area contributed by atoms with Gasteiger partial charge in [0.25, 0.3) is 10.0 Å². The van der Waals surface area contributed by atoms with Gasteiger partial charge in [0.1, 0.15) is 0 Å². The largest absolute Gasteiger partial charge is 0.460 e. The Labute approximate surface area is 202 Å². The molecule has 190 valence electrons. The molecule has 0 radical (unpaired) electrons. The van der Waals surface area contributed by atoms with Crippen LogP contribution in [0.5, 0.6) is 0 Å². The van der Waals surface area contributed by atoms with Crippen molar-refractivity contribution in [2.45, 2.75) is 81.9 Å². The van der Waals surface area contributed by atoms with Crippen LogP contribution in [0, 0.1) is 5.92 Å². The molecule has 3 aliphatic rings. The summed E-state index contributed by atoms with van der Waals surface area (Å²) in [6, 6.07) is 3.43. The Hall–Kier alpha value is -1.91. The van der Waals surface area contributed by atoms with Gasteiger partial charge >= 0.3 is 5.97 Å². The summed E-state index contributed by atoms with van der Waals surface area (Å²) in [6.45, 7) is 4.30. The van der Waals surface area contributed by atoms with Crippen LogP contribution in [0.15, 0.2) is 21.6 Å². The number of hydrogen-bond acceptors (Lipinski definition) is 7. The number of sulfonamides is 1. The molecule has 1 saturated carbocycles. The number of amides is 1. The fourth-order valence-electron chi connectivity index (χ4n) is 5.44. The minimum atomic E-state index is -3.86. The van der Waals surface area contributed by atoms with Crippen molar-refractivity contribution in [3.05, 3.63) is 17.9 Å². The van der Waals surface area contributed by atoms with Crippen molar-refractivity contribution in [3.8, 4) is 0 Å². The third kappa shape index (κ3) is 5.83. The van der Waals surface area contributed by atoms with E-state index in [1.165, 1.54) is 55.0 Å². The Morgan fingerprint density at radius 3 is 2.41 bits per heavy atom. The molecule has 1 aromatic rings. The van der Waals surface area contributed by atoms with E-state index in [-0.39, 0.29) is 48.4 Å². The minimum absolute atomic E-state index is 0.0346. The van der Waals surface area contributed by atoms with Crippen LogP contribution < -0.4 is 5.32 Å². The van der Waals surface area contributed by atoms with E-state index in [4.69, 9.17) is 9.15 Å². The number of hydrogen-bond donors (Lipinski definition) is 1. The number of carbonyl (C=O) groups excluding carboxylic acids is 2. The predicted octanol–water partition coefficient (Wildman–Crippen LogP) is 2.77. The average molecular weight is 496 g/mol. The second-order valence-electron chi connectivity index (χ2n) is 9.65. The molecule has 0 spiro atoms. The van der Waals surface area contributed by atoms with Crippen molar-refractivity contribution in [1.82, 2.24) is 14.5 Å². The standard InChI is InChI=1S/C24H37N3O6S/c1-2-32-24(29)21-9-10-22(33-21)34(30,31)27-15-11-18(12-16-27)23(28)25-19-13-14-26(17-19)20-7-5-3-4-6-8-20/h9-10,18-20H,2-8,11-17H2,1H3,(H,25,28). The number of likely N-dealkylation sites (tertiary alicyclic amines) is 1. The van der Waals surface area contributed by atoms with Gasteiger partial charge in [-0.05, 0) is 51.2 Å². The van der Waals surface area contributed by atoms with Gasteiger partial charge in [0.05, 0.1) is 6.61 Å². The number of furan rings is 1. The Bertz CT molecular complexity index is 946. The molecule has 4 rings (SSSR count). The maximum Gasteiger partial charge on any atom is 0.374 e. The third-order valence-electron chi connectivity index (χ3n) is 7.38. The monoisotopic (exact) mass is 495 g/mol. The summed E-state index contributed by atoms with van der Waals surface area (Å²) < 4.78 is 37.3. The Kier molecular flexibility index (Phi) is 8.31. The van der Waals surface area contributed by atoms with Gasteiger partial charge in [-0.2, -0.15) is 4.31 Å². The number of nitrogens with one attached hydrogen (secondary N) is 1. The van der Waals surface area contributed by atoms with E-state index < -0.39 is 16.0 Å². The lowest BCUT2D eigenvalue weighted by atomic mass is 9.97. The zero-order valence-corrected chi connectivity index (χ0v) is 20.9. The summed E-state index contributed by atoms with van der Waals surface area (Å²) in [5, 5.41) is 2.95. The van der Waals surface area contributed by atoms with Crippen molar-refractivity contribution in [2.24, 2.45) is 5.92 Å². The summed E-state index contributed by atoms with van der Waals surface area (Å²) >= 11 is 0. The number of esters is 1. The summed E-state index contributed by atoms with van der Waals surface area (Å²) in [6.07, 6.45) is 9.75. The van der Waals surface area contributed by atoms with Gasteiger partial charge in [-0.15, -0.1) is 0 Å². The van der Waals surface area contributed by atoms with E-state index in [0.717, 1.165) is 19.5 Å². The van der Waals surface area contributed by atoms with E-state index in [0.29, 0.717) is 18.9 Å². The topological polar surface area (TPSA) is 109 Å². The maximum atomic E-state index is 12.9. The molecule has 34 heavy (non-hydrogen) atoms. The Morgan fingerprint density at radius 1 is 1.03 bits per heavy atom. The molecule has 1 aliphatic carbocycles. The SMILES string of the molecule is CCOC(=O)c1ccc(S(=O)(=O)N2CCC(C(=O)NC3CCN(C4CCCCCC4)C3)CC2)o1. The van der Waals surface area contributed by atoms with Crippen LogP contribution in [0.1, 0.15) is 75.3 Å². The molecule has 1 atom stereocenters. The first-order valence-corrected chi connectivity index (χ1v) is 14.1. The van der Waals surface area contributed by atoms with Crippen LogP contribution >= 0.6 is 0 Å². The van der Waals surface area contributed by atoms with Crippen LogP contribution in [0.4, 0.5) is 0 Å². The molecule has 1 unspecified atom stereocenters. The zero-order valence-electron chi connectivity index (χ0n) is 20.0. The first-order chi connectivity index (χ1) is 16.4. The fourth-order valence-corrected chi connectivity index (χ4v) is 6.82. The van der Waals surface area contributed by atoms with Crippen molar-refractivity contribution < 1.29 is 27.2 Å². The zero-order chi connectivity index (χ0) is 24.1. The second kappa shape index (κ2) is 11.2. The summed E-state index contributed by atoms with van der Waals surface area (Å²) in [7, 11) is -3.86. The van der Waals surface area contributed by atoms with Gasteiger partial charge in [-0.1, -0.05) is 25.7 Å². The number of rotatable bonds is 7. The van der Waals surface area contributed by atoms with Crippen LogP contribution in [0.3, 0.4) is 0 Å². The van der Waals surface area contributed by atoms with Crippen molar-refractivity contribution in [3.63, 3.8) is 0 Å². The van der Waals surface area contributed by atoms with Gasteiger partial charge < -0.3 is 14.5 Å². The lowest BCUT2D eigenvalue weighted by molar-refractivity contribution is -0.126. The average Bonchev–Trinajstić information content (AvgIpc) is 3.44. The smallest absolute Gasteiger partial charge is 0.374 e. The van der Waals surface area contributed by atoms with Crippen LogP contribution in [-0.2, 0) is 19.6 Å². The highest BCUT2D eigenvalue weighted by atomic mass is 32.2. The highest BCUT2D eigenvalue weighted by Gasteiger charge is 2.36. The summed E-state index contributed by atoms with van der Waals surface area (Å²) in [5.74, 6) is -0.981. The quantitative estimate of drug-likeness (QED) is 0.458. The predicted molar refractivity (Wildman–Crippen MR) is 126 cm³/mol. The molecule has 1 N–H and O–H groups in total. The fraction of sp³-hybridized carbons (Fsp3) is 0.750. The molecule has 1 amide bonds. The highest BCUT2D eigenvalue weighted by Crippen LogP contribution is 2.27. The van der Waals surface area contributed by atoms with Gasteiger partial charge in [0.15, 0.2) is 0 Å². The van der Waals surface area contributed by atoms with E-state index in [1.54, 1.807) is 6.92 Å². The summed E-state index contributed by atoms with van der Waals surface area (Å²) in [4.78, 5) is 27.2. The number of carbonyl (C=O) groups is 2. The molecular formula is C24H37N3O6S. The molecule has 3 heterocycles. The molecule has 1 aromatic heterocycles. The first-order valence-electron chi connectivity index (χ1n) is 12.7. The van der Waals surface area contributed by atoms with E-state index >= 15 is 0 Å². The molecule has 3 fully saturated rings. The number of ether oxygens (including phenoxy) is 1. The lowest BCUT2D eigenvalue weighted by Crippen LogP contribution is -2.46. The summed E-state index contributed by atoms with van der Waals surface area (Å²) in [5.41, 5.74) is 0.